The molecule has 0 N–H and O–H groups in total. The van der Waals surface area contributed by atoms with E-state index in [0.29, 0.717) is 19.3 Å². The van der Waals surface area contributed by atoms with Crippen LogP contribution in [0.3, 0.4) is 0 Å². The van der Waals surface area contributed by atoms with Gasteiger partial charge in [-0.2, -0.15) is 0 Å². The van der Waals surface area contributed by atoms with Crippen LogP contribution in [0.15, 0.2) is 18.2 Å². The second-order valence-corrected chi connectivity index (χ2v) is 6.35. The van der Waals surface area contributed by atoms with E-state index in [1.54, 1.807) is 0 Å². The molecule has 7 nitrogen and oxygen atoms in total. The minimum absolute atomic E-state index is 0.382. The quantitative estimate of drug-likeness (QED) is 0.838. The summed E-state index contributed by atoms with van der Waals surface area (Å²) < 4.78 is 13.3. The Bertz CT molecular complexity index is 702. The molecule has 0 aliphatic carbocycles. The van der Waals surface area contributed by atoms with E-state index in [1.165, 1.54) is 12.0 Å². The number of fused-ring (bicyclic) bond motifs is 1. The van der Waals surface area contributed by atoms with E-state index < -0.39 is 0 Å². The monoisotopic (exact) mass is 329 g/mol. The highest BCUT2D eigenvalue weighted by Gasteiger charge is 2.28. The molecule has 1 atom stereocenters. The molecule has 24 heavy (non-hydrogen) atoms. The van der Waals surface area contributed by atoms with Gasteiger partial charge >= 0.3 is 0 Å². The summed E-state index contributed by atoms with van der Waals surface area (Å²) >= 11 is 0. The van der Waals surface area contributed by atoms with Crippen molar-refractivity contribution in [1.82, 2.24) is 25.1 Å². The third-order valence-electron chi connectivity index (χ3n) is 4.70. The molecule has 0 saturated carbocycles. The van der Waals surface area contributed by atoms with Gasteiger partial charge < -0.3 is 9.47 Å². The lowest BCUT2D eigenvalue weighted by Crippen LogP contribution is -2.25. The maximum Gasteiger partial charge on any atom is 0.165 e. The van der Waals surface area contributed by atoms with Crippen molar-refractivity contribution in [2.24, 2.45) is 0 Å². The fraction of sp³-hybridized carbons (Fsp3) is 0.588. The first-order valence-corrected chi connectivity index (χ1v) is 8.74. The second-order valence-electron chi connectivity index (χ2n) is 6.35. The fourth-order valence-electron chi connectivity index (χ4n) is 3.56. The lowest BCUT2D eigenvalue weighted by Gasteiger charge is -2.26. The summed E-state index contributed by atoms with van der Waals surface area (Å²) in [6, 6.07) is 6.70. The lowest BCUT2D eigenvalue weighted by atomic mass is 10.0. The maximum absolute atomic E-state index is 5.74. The number of benzene rings is 1. The van der Waals surface area contributed by atoms with Crippen LogP contribution >= 0.6 is 0 Å². The molecule has 1 unspecified atom stereocenters. The van der Waals surface area contributed by atoms with Crippen LogP contribution in [0.4, 0.5) is 0 Å². The molecule has 0 radical (unpaired) electrons. The van der Waals surface area contributed by atoms with Gasteiger partial charge in [0.15, 0.2) is 17.3 Å². The number of aryl methyl sites for hydroxylation is 1. The first-order chi connectivity index (χ1) is 11.8. The Morgan fingerprint density at radius 1 is 1.21 bits per heavy atom. The van der Waals surface area contributed by atoms with E-state index in [4.69, 9.17) is 9.47 Å². The van der Waals surface area contributed by atoms with Crippen molar-refractivity contribution in [2.45, 2.75) is 45.3 Å². The number of aromatic nitrogens is 4. The van der Waals surface area contributed by atoms with Gasteiger partial charge in [0.1, 0.15) is 13.2 Å². The second kappa shape index (κ2) is 6.76. The number of ether oxygens (including phenoxy) is 2. The van der Waals surface area contributed by atoms with Crippen LogP contribution in [0.25, 0.3) is 0 Å². The van der Waals surface area contributed by atoms with Gasteiger partial charge in [-0.05, 0) is 53.9 Å². The maximum atomic E-state index is 5.74. The van der Waals surface area contributed by atoms with Gasteiger partial charge in [0.2, 0.25) is 0 Å². The highest BCUT2D eigenvalue weighted by atomic mass is 16.6. The van der Waals surface area contributed by atoms with Crippen LogP contribution in [-0.4, -0.2) is 44.9 Å². The van der Waals surface area contributed by atoms with E-state index in [-0.39, 0.29) is 0 Å². The summed E-state index contributed by atoms with van der Waals surface area (Å²) in [4.78, 5) is 2.46. The normalized spacial score (nSPS) is 20.5. The minimum atomic E-state index is 0.382. The number of rotatable bonds is 5. The zero-order valence-electron chi connectivity index (χ0n) is 14.0. The summed E-state index contributed by atoms with van der Waals surface area (Å²) in [7, 11) is 0. The van der Waals surface area contributed by atoms with E-state index >= 15 is 0 Å². The van der Waals surface area contributed by atoms with Crippen molar-refractivity contribution >= 4 is 0 Å². The molecular weight excluding hydrogens is 306 g/mol. The molecule has 0 spiro atoms. The van der Waals surface area contributed by atoms with Crippen molar-refractivity contribution in [2.75, 3.05) is 19.8 Å². The molecule has 1 aromatic heterocycles. The smallest absolute Gasteiger partial charge is 0.165 e. The Morgan fingerprint density at radius 3 is 2.96 bits per heavy atom. The highest BCUT2D eigenvalue weighted by molar-refractivity contribution is 5.44. The van der Waals surface area contributed by atoms with Gasteiger partial charge in [0.05, 0.1) is 6.54 Å². The predicted octanol–water partition coefficient (Wildman–Crippen LogP) is 2.19. The average Bonchev–Trinajstić information content (AvgIpc) is 3.25. The van der Waals surface area contributed by atoms with Crippen molar-refractivity contribution in [3.8, 4) is 11.5 Å². The van der Waals surface area contributed by atoms with Gasteiger partial charge in [-0.15, -0.1) is 5.10 Å². The lowest BCUT2D eigenvalue weighted by molar-refractivity contribution is 0.170. The largest absolute Gasteiger partial charge is 0.486 e. The van der Waals surface area contributed by atoms with Gasteiger partial charge in [-0.25, -0.2) is 4.68 Å². The third-order valence-corrected chi connectivity index (χ3v) is 4.70. The minimum Gasteiger partial charge on any atom is -0.486 e. The molecule has 2 aliphatic rings. The van der Waals surface area contributed by atoms with E-state index in [2.05, 4.69) is 39.5 Å². The molecule has 0 bridgehead atoms. The average molecular weight is 329 g/mol. The molecule has 1 aromatic carbocycles. The molecular formula is C17H23N5O2. The van der Waals surface area contributed by atoms with E-state index in [1.807, 2.05) is 10.7 Å². The summed E-state index contributed by atoms with van der Waals surface area (Å²) in [6.45, 7) is 6.10. The SMILES string of the molecule is CCCn1nnnc1CN1CCCC1c1ccc2c(c1)OCCO2. The first-order valence-electron chi connectivity index (χ1n) is 8.74. The van der Waals surface area contributed by atoms with Crippen molar-refractivity contribution in [3.05, 3.63) is 29.6 Å². The van der Waals surface area contributed by atoms with Crippen molar-refractivity contribution in [1.29, 1.82) is 0 Å². The molecule has 2 aliphatic heterocycles. The summed E-state index contributed by atoms with van der Waals surface area (Å²) in [5.74, 6) is 2.66. The predicted molar refractivity (Wildman–Crippen MR) is 87.9 cm³/mol. The van der Waals surface area contributed by atoms with Crippen LogP contribution < -0.4 is 9.47 Å². The van der Waals surface area contributed by atoms with Crippen LogP contribution in [0.2, 0.25) is 0 Å². The molecule has 1 saturated heterocycles. The standard InChI is InChI=1S/C17H23N5O2/c1-2-7-22-17(18-19-20-22)12-21-8-3-4-14(21)13-5-6-15-16(11-13)24-10-9-23-15/h5-6,11,14H,2-4,7-10,12H2,1H3. The summed E-state index contributed by atoms with van der Waals surface area (Å²) in [5, 5.41) is 12.1. The molecule has 2 aromatic rings. The zero-order valence-corrected chi connectivity index (χ0v) is 14.0. The first kappa shape index (κ1) is 15.4. The van der Waals surface area contributed by atoms with Crippen LogP contribution in [0.5, 0.6) is 11.5 Å². The van der Waals surface area contributed by atoms with Crippen LogP contribution in [-0.2, 0) is 13.1 Å². The number of likely N-dealkylation sites (tertiary alicyclic amines) is 1. The van der Waals surface area contributed by atoms with Crippen molar-refractivity contribution in [3.63, 3.8) is 0 Å². The Balaban J connectivity index is 1.53. The van der Waals surface area contributed by atoms with Gasteiger partial charge in [-0.3, -0.25) is 4.90 Å². The molecule has 7 heteroatoms. The Kier molecular flexibility index (Phi) is 4.34. The third kappa shape index (κ3) is 2.96. The van der Waals surface area contributed by atoms with E-state index in [0.717, 1.165) is 49.8 Å². The molecule has 1 fully saturated rings. The van der Waals surface area contributed by atoms with Crippen LogP contribution in [0, 0.1) is 0 Å². The Morgan fingerprint density at radius 2 is 2.08 bits per heavy atom. The number of tetrazole rings is 1. The van der Waals surface area contributed by atoms with Crippen LogP contribution in [0.1, 0.15) is 43.6 Å². The fourth-order valence-corrected chi connectivity index (χ4v) is 3.56. The summed E-state index contributed by atoms with van der Waals surface area (Å²) in [5.41, 5.74) is 1.28. The van der Waals surface area contributed by atoms with E-state index in [9.17, 15) is 0 Å². The Labute approximate surface area is 141 Å². The molecule has 3 heterocycles. The number of hydrogen-bond donors (Lipinski definition) is 0. The van der Waals surface area contributed by atoms with Crippen molar-refractivity contribution < 1.29 is 9.47 Å². The zero-order chi connectivity index (χ0) is 16.4. The van der Waals surface area contributed by atoms with Gasteiger partial charge in [0, 0.05) is 12.6 Å². The van der Waals surface area contributed by atoms with Gasteiger partial charge in [-0.1, -0.05) is 13.0 Å². The van der Waals surface area contributed by atoms with Gasteiger partial charge in [0.25, 0.3) is 0 Å². The molecule has 4 rings (SSSR count). The molecule has 0 amide bonds. The summed E-state index contributed by atoms with van der Waals surface area (Å²) in [6.07, 6.45) is 3.37. The number of hydrogen-bond acceptors (Lipinski definition) is 6. The topological polar surface area (TPSA) is 65.3 Å². The molecule has 128 valence electrons. The number of nitrogens with zero attached hydrogens (tertiary/aromatic N) is 5. The Hall–Kier alpha value is -2.15. The highest BCUT2D eigenvalue weighted by Crippen LogP contribution is 2.38.